The number of aliphatic carboxylic acids is 1. The number of nitrogens with one attached hydrogen (secondary N) is 1. The second-order valence-corrected chi connectivity index (χ2v) is 4.82. The van der Waals surface area contributed by atoms with Gasteiger partial charge in [-0.1, -0.05) is 5.16 Å². The minimum Gasteiger partial charge on any atom is -0.481 e. The lowest BCUT2D eigenvalue weighted by molar-refractivity contribution is -0.141. The first kappa shape index (κ1) is 13.5. The van der Waals surface area contributed by atoms with Crippen molar-refractivity contribution in [1.82, 2.24) is 15.5 Å². The molecule has 104 valence electrons. The molecule has 0 aliphatic heterocycles. The molecule has 1 amide bonds. The minimum absolute atomic E-state index is 0.0833. The van der Waals surface area contributed by atoms with Gasteiger partial charge in [-0.15, -0.1) is 0 Å². The molecule has 1 fully saturated rings. The van der Waals surface area contributed by atoms with E-state index in [0.717, 1.165) is 0 Å². The van der Waals surface area contributed by atoms with Gasteiger partial charge in [0.05, 0.1) is 5.92 Å². The SMILES string of the molecule is Cc1noc(CCNC(=O)[C@@H]2CC[C@H](C(=O)O)C2)n1. The average Bonchev–Trinajstić information content (AvgIpc) is 2.98. The predicted octanol–water partition coefficient (Wildman–Crippen LogP) is 0.538. The van der Waals surface area contributed by atoms with Crippen LogP contribution in [-0.4, -0.2) is 33.7 Å². The molecule has 0 spiro atoms. The van der Waals surface area contributed by atoms with Gasteiger partial charge in [-0.2, -0.15) is 4.98 Å². The highest BCUT2D eigenvalue weighted by Gasteiger charge is 2.33. The normalized spacial score (nSPS) is 22.4. The third kappa shape index (κ3) is 3.52. The number of rotatable bonds is 5. The molecule has 19 heavy (non-hydrogen) atoms. The minimum atomic E-state index is -0.809. The highest BCUT2D eigenvalue weighted by Crippen LogP contribution is 2.30. The van der Waals surface area contributed by atoms with Crippen LogP contribution in [0.2, 0.25) is 0 Å². The van der Waals surface area contributed by atoms with Crippen LogP contribution in [0, 0.1) is 18.8 Å². The van der Waals surface area contributed by atoms with Gasteiger partial charge in [0.1, 0.15) is 0 Å². The van der Waals surface area contributed by atoms with E-state index < -0.39 is 5.97 Å². The Kier molecular flexibility index (Phi) is 4.13. The van der Waals surface area contributed by atoms with E-state index in [-0.39, 0.29) is 17.7 Å². The van der Waals surface area contributed by atoms with Crippen LogP contribution < -0.4 is 5.32 Å². The molecule has 1 aliphatic rings. The molecule has 0 unspecified atom stereocenters. The molecule has 0 saturated heterocycles. The van der Waals surface area contributed by atoms with Crippen LogP contribution in [-0.2, 0) is 16.0 Å². The second-order valence-electron chi connectivity index (χ2n) is 4.82. The molecule has 0 radical (unpaired) electrons. The highest BCUT2D eigenvalue weighted by molar-refractivity contribution is 5.80. The third-order valence-corrected chi connectivity index (χ3v) is 3.36. The standard InChI is InChI=1S/C12H17N3O4/c1-7-14-10(19-15-7)4-5-13-11(16)8-2-3-9(6-8)12(17)18/h8-9H,2-6H2,1H3,(H,13,16)(H,17,18)/t8-,9+/m1/s1. The molecule has 1 aromatic rings. The quantitative estimate of drug-likeness (QED) is 0.806. The van der Waals surface area contributed by atoms with Gasteiger partial charge in [-0.3, -0.25) is 9.59 Å². The van der Waals surface area contributed by atoms with Gasteiger partial charge < -0.3 is 14.9 Å². The molecule has 2 atom stereocenters. The zero-order chi connectivity index (χ0) is 13.8. The van der Waals surface area contributed by atoms with Crippen molar-refractivity contribution in [2.45, 2.75) is 32.6 Å². The largest absolute Gasteiger partial charge is 0.481 e. The van der Waals surface area contributed by atoms with Gasteiger partial charge in [0.25, 0.3) is 0 Å². The predicted molar refractivity (Wildman–Crippen MR) is 64.2 cm³/mol. The van der Waals surface area contributed by atoms with Gasteiger partial charge in [-0.25, -0.2) is 0 Å². The van der Waals surface area contributed by atoms with Gasteiger partial charge >= 0.3 is 5.97 Å². The fourth-order valence-electron chi connectivity index (χ4n) is 2.32. The lowest BCUT2D eigenvalue weighted by Gasteiger charge is -2.09. The fourth-order valence-corrected chi connectivity index (χ4v) is 2.32. The number of nitrogens with zero attached hydrogens (tertiary/aromatic N) is 2. The maximum absolute atomic E-state index is 11.8. The van der Waals surface area contributed by atoms with E-state index in [0.29, 0.717) is 43.9 Å². The number of hydrogen-bond donors (Lipinski definition) is 2. The zero-order valence-corrected chi connectivity index (χ0v) is 10.8. The van der Waals surface area contributed by atoms with Crippen molar-refractivity contribution in [3.63, 3.8) is 0 Å². The first-order chi connectivity index (χ1) is 9.06. The summed E-state index contributed by atoms with van der Waals surface area (Å²) in [7, 11) is 0. The van der Waals surface area contributed by atoms with E-state index in [1.807, 2.05) is 0 Å². The van der Waals surface area contributed by atoms with E-state index >= 15 is 0 Å². The second kappa shape index (κ2) is 5.81. The maximum atomic E-state index is 11.8. The smallest absolute Gasteiger partial charge is 0.306 e. The van der Waals surface area contributed by atoms with Gasteiger partial charge in [0.2, 0.25) is 11.8 Å². The molecule has 1 saturated carbocycles. The van der Waals surface area contributed by atoms with Crippen LogP contribution in [0.4, 0.5) is 0 Å². The molecule has 1 aliphatic carbocycles. The van der Waals surface area contributed by atoms with E-state index in [1.165, 1.54) is 0 Å². The Morgan fingerprint density at radius 3 is 2.74 bits per heavy atom. The number of carboxylic acid groups (broad SMARTS) is 1. The lowest BCUT2D eigenvalue weighted by atomic mass is 10.0. The van der Waals surface area contributed by atoms with Gasteiger partial charge in [0.15, 0.2) is 5.82 Å². The molecule has 2 N–H and O–H groups in total. The fraction of sp³-hybridized carbons (Fsp3) is 0.667. The summed E-state index contributed by atoms with van der Waals surface area (Å²) in [5.41, 5.74) is 0. The number of hydrogen-bond acceptors (Lipinski definition) is 5. The van der Waals surface area contributed by atoms with Crippen molar-refractivity contribution in [2.75, 3.05) is 6.54 Å². The van der Waals surface area contributed by atoms with Crippen molar-refractivity contribution >= 4 is 11.9 Å². The summed E-state index contributed by atoms with van der Waals surface area (Å²) < 4.78 is 4.93. The molecule has 1 aromatic heterocycles. The van der Waals surface area contributed by atoms with Crippen LogP contribution >= 0.6 is 0 Å². The van der Waals surface area contributed by atoms with Crippen LogP contribution in [0.15, 0.2) is 4.52 Å². The monoisotopic (exact) mass is 267 g/mol. The molecule has 2 rings (SSSR count). The van der Waals surface area contributed by atoms with Crippen LogP contribution in [0.25, 0.3) is 0 Å². The number of carboxylic acids is 1. The summed E-state index contributed by atoms with van der Waals surface area (Å²) in [5, 5.41) is 15.3. The Morgan fingerprint density at radius 1 is 1.42 bits per heavy atom. The Hall–Kier alpha value is -1.92. The van der Waals surface area contributed by atoms with E-state index in [2.05, 4.69) is 15.5 Å². The van der Waals surface area contributed by atoms with Crippen molar-refractivity contribution < 1.29 is 19.2 Å². The molecule has 7 nitrogen and oxygen atoms in total. The number of aromatic nitrogens is 2. The van der Waals surface area contributed by atoms with Crippen LogP contribution in [0.1, 0.15) is 31.0 Å². The van der Waals surface area contributed by atoms with Crippen molar-refractivity contribution in [3.8, 4) is 0 Å². The lowest BCUT2D eigenvalue weighted by Crippen LogP contribution is -2.31. The topological polar surface area (TPSA) is 105 Å². The first-order valence-corrected chi connectivity index (χ1v) is 6.36. The summed E-state index contributed by atoms with van der Waals surface area (Å²) in [6.07, 6.45) is 2.14. The van der Waals surface area contributed by atoms with Gasteiger partial charge in [-0.05, 0) is 26.2 Å². The highest BCUT2D eigenvalue weighted by atomic mass is 16.5. The van der Waals surface area contributed by atoms with E-state index in [1.54, 1.807) is 6.92 Å². The molecule has 0 aromatic carbocycles. The molecule has 0 bridgehead atoms. The summed E-state index contributed by atoms with van der Waals surface area (Å²) >= 11 is 0. The number of amides is 1. The van der Waals surface area contributed by atoms with Crippen molar-refractivity contribution in [2.24, 2.45) is 11.8 Å². The zero-order valence-electron chi connectivity index (χ0n) is 10.8. The average molecular weight is 267 g/mol. The third-order valence-electron chi connectivity index (χ3n) is 3.36. The number of carbonyl (C=O) groups excluding carboxylic acids is 1. The van der Waals surface area contributed by atoms with Crippen molar-refractivity contribution in [1.29, 1.82) is 0 Å². The Labute approximate surface area is 110 Å². The van der Waals surface area contributed by atoms with Crippen LogP contribution in [0.5, 0.6) is 0 Å². The Balaban J connectivity index is 1.72. The molecular formula is C12H17N3O4. The Morgan fingerprint density at radius 2 is 2.16 bits per heavy atom. The Bertz CT molecular complexity index is 471. The van der Waals surface area contributed by atoms with Crippen LogP contribution in [0.3, 0.4) is 0 Å². The molecule has 7 heteroatoms. The van der Waals surface area contributed by atoms with Gasteiger partial charge in [0, 0.05) is 18.9 Å². The first-order valence-electron chi connectivity index (χ1n) is 6.36. The summed E-state index contributed by atoms with van der Waals surface area (Å²) in [4.78, 5) is 26.7. The van der Waals surface area contributed by atoms with E-state index in [9.17, 15) is 9.59 Å². The summed E-state index contributed by atoms with van der Waals surface area (Å²) in [6, 6.07) is 0. The van der Waals surface area contributed by atoms with Crippen molar-refractivity contribution in [3.05, 3.63) is 11.7 Å². The molecule has 1 heterocycles. The maximum Gasteiger partial charge on any atom is 0.306 e. The number of carbonyl (C=O) groups is 2. The van der Waals surface area contributed by atoms with E-state index in [4.69, 9.17) is 9.63 Å². The summed E-state index contributed by atoms with van der Waals surface area (Å²) in [5.74, 6) is -0.398. The summed E-state index contributed by atoms with van der Waals surface area (Å²) in [6.45, 7) is 2.16. The number of aryl methyl sites for hydroxylation is 1. The molecular weight excluding hydrogens is 250 g/mol.